The number of carboxylic acids is 1. The number of hydrogen-bond acceptors (Lipinski definition) is 3. The van der Waals surface area contributed by atoms with Crippen LogP contribution in [-0.2, 0) is 20.8 Å². The first-order valence-electron chi connectivity index (χ1n) is 8.18. The molecule has 1 rings (SSSR count). The van der Waals surface area contributed by atoms with Crippen molar-refractivity contribution in [3.05, 3.63) is 35.9 Å². The van der Waals surface area contributed by atoms with Crippen molar-refractivity contribution in [2.75, 3.05) is 19.6 Å². The zero-order valence-corrected chi connectivity index (χ0v) is 14.3. The maximum atomic E-state index is 12.2. The van der Waals surface area contributed by atoms with Crippen molar-refractivity contribution in [2.24, 2.45) is 5.92 Å². The Balaban J connectivity index is 2.38. The van der Waals surface area contributed by atoms with Crippen molar-refractivity contribution in [3.63, 3.8) is 0 Å². The average molecular weight is 334 g/mol. The first-order chi connectivity index (χ1) is 11.4. The van der Waals surface area contributed by atoms with Crippen molar-refractivity contribution < 1.29 is 19.5 Å². The van der Waals surface area contributed by atoms with Gasteiger partial charge in [0.15, 0.2) is 0 Å². The standard InChI is InChI=1S/C18H26N2O4/c1-14(2)13-20(11-9-18(23)24)17(22)8-10-19-16(21)12-15-6-4-3-5-7-15/h3-7,14H,8-13H2,1-2H3,(H,19,21)(H,23,24). The lowest BCUT2D eigenvalue weighted by Gasteiger charge is -2.24. The second-order valence-corrected chi connectivity index (χ2v) is 6.14. The van der Waals surface area contributed by atoms with Gasteiger partial charge >= 0.3 is 5.97 Å². The van der Waals surface area contributed by atoms with Gasteiger partial charge in [0, 0.05) is 26.1 Å². The number of nitrogens with zero attached hydrogens (tertiary/aromatic N) is 1. The summed E-state index contributed by atoms with van der Waals surface area (Å²) in [6.07, 6.45) is 0.384. The zero-order chi connectivity index (χ0) is 17.9. The van der Waals surface area contributed by atoms with Crippen LogP contribution in [0.1, 0.15) is 32.3 Å². The van der Waals surface area contributed by atoms with E-state index in [0.29, 0.717) is 6.54 Å². The van der Waals surface area contributed by atoms with Crippen LogP contribution in [0.4, 0.5) is 0 Å². The highest BCUT2D eigenvalue weighted by Crippen LogP contribution is 2.03. The van der Waals surface area contributed by atoms with Crippen LogP contribution in [0.15, 0.2) is 30.3 Å². The van der Waals surface area contributed by atoms with Crippen molar-refractivity contribution in [1.82, 2.24) is 10.2 Å². The number of carbonyl (C=O) groups excluding carboxylic acids is 2. The number of rotatable bonds is 10. The van der Waals surface area contributed by atoms with E-state index in [2.05, 4.69) is 5.32 Å². The summed E-state index contributed by atoms with van der Waals surface area (Å²) in [5, 5.41) is 11.5. The molecule has 2 amide bonds. The second kappa shape index (κ2) is 10.4. The maximum absolute atomic E-state index is 12.2. The van der Waals surface area contributed by atoms with Gasteiger partial charge in [0.1, 0.15) is 0 Å². The van der Waals surface area contributed by atoms with E-state index in [1.165, 1.54) is 0 Å². The van der Waals surface area contributed by atoms with Gasteiger partial charge < -0.3 is 15.3 Å². The van der Waals surface area contributed by atoms with Crippen LogP contribution in [0.3, 0.4) is 0 Å². The lowest BCUT2D eigenvalue weighted by Crippen LogP contribution is -2.38. The van der Waals surface area contributed by atoms with Gasteiger partial charge in [0.2, 0.25) is 11.8 Å². The Bertz CT molecular complexity index is 543. The Hall–Kier alpha value is -2.37. The molecule has 0 radical (unpaired) electrons. The predicted molar refractivity (Wildman–Crippen MR) is 91.4 cm³/mol. The molecular formula is C18H26N2O4. The fourth-order valence-corrected chi connectivity index (χ4v) is 2.30. The first kappa shape index (κ1) is 19.7. The van der Waals surface area contributed by atoms with Gasteiger partial charge in [-0.15, -0.1) is 0 Å². The van der Waals surface area contributed by atoms with Gasteiger partial charge in [-0.2, -0.15) is 0 Å². The Labute approximate surface area is 142 Å². The van der Waals surface area contributed by atoms with E-state index in [0.717, 1.165) is 5.56 Å². The topological polar surface area (TPSA) is 86.7 Å². The Morgan fingerprint density at radius 1 is 1.12 bits per heavy atom. The molecule has 0 spiro atoms. The van der Waals surface area contributed by atoms with Crippen molar-refractivity contribution >= 4 is 17.8 Å². The highest BCUT2D eigenvalue weighted by atomic mass is 16.4. The van der Waals surface area contributed by atoms with E-state index >= 15 is 0 Å². The van der Waals surface area contributed by atoms with Crippen LogP contribution in [0, 0.1) is 5.92 Å². The van der Waals surface area contributed by atoms with Gasteiger partial charge in [-0.1, -0.05) is 44.2 Å². The van der Waals surface area contributed by atoms with Crippen LogP contribution in [0.5, 0.6) is 0 Å². The third-order valence-corrected chi connectivity index (χ3v) is 3.40. The van der Waals surface area contributed by atoms with Crippen molar-refractivity contribution in [2.45, 2.75) is 33.1 Å². The fourth-order valence-electron chi connectivity index (χ4n) is 2.30. The summed E-state index contributed by atoms with van der Waals surface area (Å²) in [6.45, 7) is 4.92. The third-order valence-electron chi connectivity index (χ3n) is 3.40. The quantitative estimate of drug-likeness (QED) is 0.682. The summed E-state index contributed by atoms with van der Waals surface area (Å²) in [5.41, 5.74) is 0.921. The fraction of sp³-hybridized carbons (Fsp3) is 0.500. The molecule has 2 N–H and O–H groups in total. The summed E-state index contributed by atoms with van der Waals surface area (Å²) >= 11 is 0. The minimum Gasteiger partial charge on any atom is -0.481 e. The lowest BCUT2D eigenvalue weighted by molar-refractivity contribution is -0.138. The molecule has 132 valence electrons. The molecule has 1 aromatic rings. The third kappa shape index (κ3) is 8.31. The Morgan fingerprint density at radius 3 is 2.38 bits per heavy atom. The maximum Gasteiger partial charge on any atom is 0.305 e. The van der Waals surface area contributed by atoms with Gasteiger partial charge in [-0.25, -0.2) is 0 Å². The molecule has 6 heteroatoms. The minimum atomic E-state index is -0.923. The summed E-state index contributed by atoms with van der Waals surface area (Å²) in [7, 11) is 0. The first-order valence-corrected chi connectivity index (χ1v) is 8.18. The molecule has 6 nitrogen and oxygen atoms in total. The van der Waals surface area contributed by atoms with Crippen molar-refractivity contribution in [3.8, 4) is 0 Å². The highest BCUT2D eigenvalue weighted by molar-refractivity contribution is 5.80. The van der Waals surface area contributed by atoms with Crippen LogP contribution in [0.2, 0.25) is 0 Å². The van der Waals surface area contributed by atoms with E-state index in [9.17, 15) is 14.4 Å². The predicted octanol–water partition coefficient (Wildman–Crippen LogP) is 1.69. The molecule has 0 aliphatic rings. The summed E-state index contributed by atoms with van der Waals surface area (Å²) < 4.78 is 0. The largest absolute Gasteiger partial charge is 0.481 e. The molecule has 0 heterocycles. The average Bonchev–Trinajstić information content (AvgIpc) is 2.51. The molecule has 0 fully saturated rings. The number of carbonyl (C=O) groups is 3. The number of aliphatic carboxylic acids is 1. The van der Waals surface area contributed by atoms with Gasteiger partial charge in [-0.05, 0) is 11.5 Å². The van der Waals surface area contributed by atoms with Crippen molar-refractivity contribution in [1.29, 1.82) is 0 Å². The SMILES string of the molecule is CC(C)CN(CCC(=O)O)C(=O)CCNC(=O)Cc1ccccc1. The molecule has 0 saturated carbocycles. The molecule has 0 aliphatic heterocycles. The van der Waals surface area contributed by atoms with Crippen LogP contribution >= 0.6 is 0 Å². The van der Waals surface area contributed by atoms with E-state index in [-0.39, 0.29) is 50.1 Å². The van der Waals surface area contributed by atoms with Gasteiger partial charge in [0.25, 0.3) is 0 Å². The molecule has 0 unspecified atom stereocenters. The summed E-state index contributed by atoms with van der Waals surface area (Å²) in [6, 6.07) is 9.39. The normalized spacial score (nSPS) is 10.5. The molecule has 0 atom stereocenters. The number of nitrogens with one attached hydrogen (secondary N) is 1. The van der Waals surface area contributed by atoms with Crippen LogP contribution in [-0.4, -0.2) is 47.4 Å². The second-order valence-electron chi connectivity index (χ2n) is 6.14. The van der Waals surface area contributed by atoms with Crippen LogP contribution in [0.25, 0.3) is 0 Å². The van der Waals surface area contributed by atoms with E-state index in [1.807, 2.05) is 44.2 Å². The molecule has 1 aromatic carbocycles. The Kier molecular flexibility index (Phi) is 8.54. The van der Waals surface area contributed by atoms with Gasteiger partial charge in [0.05, 0.1) is 12.8 Å². The monoisotopic (exact) mass is 334 g/mol. The molecule has 0 aliphatic carbocycles. The van der Waals surface area contributed by atoms with E-state index < -0.39 is 5.97 Å². The summed E-state index contributed by atoms with van der Waals surface area (Å²) in [4.78, 5) is 36.3. The summed E-state index contributed by atoms with van der Waals surface area (Å²) in [5.74, 6) is -0.928. The zero-order valence-electron chi connectivity index (χ0n) is 14.3. The molecular weight excluding hydrogens is 308 g/mol. The number of benzene rings is 1. The molecule has 24 heavy (non-hydrogen) atoms. The smallest absolute Gasteiger partial charge is 0.305 e. The van der Waals surface area contributed by atoms with E-state index in [4.69, 9.17) is 5.11 Å². The molecule has 0 aromatic heterocycles. The number of hydrogen-bond donors (Lipinski definition) is 2. The highest BCUT2D eigenvalue weighted by Gasteiger charge is 2.16. The number of amides is 2. The van der Waals surface area contributed by atoms with Gasteiger partial charge in [-0.3, -0.25) is 14.4 Å². The lowest BCUT2D eigenvalue weighted by atomic mass is 10.1. The molecule has 0 bridgehead atoms. The van der Waals surface area contributed by atoms with E-state index in [1.54, 1.807) is 4.90 Å². The molecule has 0 saturated heterocycles. The number of carboxylic acid groups (broad SMARTS) is 1. The Morgan fingerprint density at radius 2 is 1.79 bits per heavy atom. The minimum absolute atomic E-state index is 0.0706. The van der Waals surface area contributed by atoms with Crippen LogP contribution < -0.4 is 5.32 Å².